The number of benzene rings is 1. The smallest absolute Gasteiger partial charge is 0.323 e. The van der Waals surface area contributed by atoms with Gasteiger partial charge in [0.15, 0.2) is 5.69 Å². The Labute approximate surface area is 132 Å². The SMILES string of the molecule is CN(CC(=O)O)C(=O)c1nn(-c2cccc(F)c2)c2c1CCC2. The minimum Gasteiger partial charge on any atom is -0.480 e. The van der Waals surface area contributed by atoms with Crippen molar-refractivity contribution in [3.63, 3.8) is 0 Å². The van der Waals surface area contributed by atoms with Crippen LogP contribution in [0.15, 0.2) is 24.3 Å². The van der Waals surface area contributed by atoms with Crippen LogP contribution in [0.1, 0.15) is 28.2 Å². The number of amides is 1. The van der Waals surface area contributed by atoms with Gasteiger partial charge >= 0.3 is 5.97 Å². The van der Waals surface area contributed by atoms with Gasteiger partial charge in [0.1, 0.15) is 12.4 Å². The molecular weight excluding hydrogens is 301 g/mol. The minimum atomic E-state index is -1.08. The van der Waals surface area contributed by atoms with Crippen molar-refractivity contribution in [3.05, 3.63) is 47.0 Å². The molecule has 120 valence electrons. The van der Waals surface area contributed by atoms with E-state index >= 15 is 0 Å². The first-order valence-electron chi connectivity index (χ1n) is 7.31. The number of hydrogen-bond donors (Lipinski definition) is 1. The zero-order valence-corrected chi connectivity index (χ0v) is 12.6. The normalized spacial score (nSPS) is 13.0. The number of carboxylic acids is 1. The summed E-state index contributed by atoms with van der Waals surface area (Å²) >= 11 is 0. The van der Waals surface area contributed by atoms with Crippen LogP contribution < -0.4 is 0 Å². The van der Waals surface area contributed by atoms with E-state index in [2.05, 4.69) is 5.10 Å². The number of hydrogen-bond acceptors (Lipinski definition) is 3. The average molecular weight is 317 g/mol. The van der Waals surface area contributed by atoms with Crippen molar-refractivity contribution in [2.75, 3.05) is 13.6 Å². The molecule has 0 unspecified atom stereocenters. The van der Waals surface area contributed by atoms with E-state index in [1.54, 1.807) is 16.8 Å². The van der Waals surface area contributed by atoms with Gasteiger partial charge in [-0.05, 0) is 37.5 Å². The van der Waals surface area contributed by atoms with Gasteiger partial charge in [-0.15, -0.1) is 0 Å². The van der Waals surface area contributed by atoms with Crippen LogP contribution >= 0.6 is 0 Å². The first-order chi connectivity index (χ1) is 11.0. The number of aliphatic carboxylic acids is 1. The number of aromatic nitrogens is 2. The van der Waals surface area contributed by atoms with Crippen LogP contribution in [-0.2, 0) is 17.6 Å². The summed E-state index contributed by atoms with van der Waals surface area (Å²) in [5.41, 5.74) is 2.53. The van der Waals surface area contributed by atoms with Crippen LogP contribution in [0.5, 0.6) is 0 Å². The van der Waals surface area contributed by atoms with E-state index in [-0.39, 0.29) is 18.1 Å². The van der Waals surface area contributed by atoms with Crippen LogP contribution in [-0.4, -0.2) is 45.3 Å². The summed E-state index contributed by atoms with van der Waals surface area (Å²) in [5.74, 6) is -1.89. The summed E-state index contributed by atoms with van der Waals surface area (Å²) in [4.78, 5) is 24.4. The molecular formula is C16H16FN3O3. The fourth-order valence-electron chi connectivity index (χ4n) is 2.89. The van der Waals surface area contributed by atoms with E-state index < -0.39 is 11.9 Å². The number of carbonyl (C=O) groups is 2. The summed E-state index contributed by atoms with van der Waals surface area (Å²) in [7, 11) is 1.43. The molecule has 0 radical (unpaired) electrons. The van der Waals surface area contributed by atoms with Gasteiger partial charge in [0.05, 0.1) is 5.69 Å². The highest BCUT2D eigenvalue weighted by atomic mass is 19.1. The minimum absolute atomic E-state index is 0.255. The second kappa shape index (κ2) is 5.83. The Hall–Kier alpha value is -2.70. The second-order valence-electron chi connectivity index (χ2n) is 5.57. The lowest BCUT2D eigenvalue weighted by atomic mass is 10.2. The van der Waals surface area contributed by atoms with Crippen molar-refractivity contribution in [2.45, 2.75) is 19.3 Å². The van der Waals surface area contributed by atoms with Crippen molar-refractivity contribution in [1.82, 2.24) is 14.7 Å². The Morgan fingerprint density at radius 3 is 2.87 bits per heavy atom. The zero-order valence-electron chi connectivity index (χ0n) is 12.6. The number of carboxylic acid groups (broad SMARTS) is 1. The van der Waals surface area contributed by atoms with Gasteiger partial charge in [-0.2, -0.15) is 5.10 Å². The first kappa shape index (κ1) is 15.2. The molecule has 2 aromatic rings. The molecule has 7 heteroatoms. The Morgan fingerprint density at radius 2 is 2.17 bits per heavy atom. The number of rotatable bonds is 4. The lowest BCUT2D eigenvalue weighted by Gasteiger charge is -2.13. The zero-order chi connectivity index (χ0) is 16.6. The maximum absolute atomic E-state index is 13.5. The van der Waals surface area contributed by atoms with Crippen molar-refractivity contribution in [2.24, 2.45) is 0 Å². The number of carbonyl (C=O) groups excluding carboxylic acids is 1. The van der Waals surface area contributed by atoms with E-state index in [1.807, 2.05) is 0 Å². The van der Waals surface area contributed by atoms with Crippen LogP contribution in [0.3, 0.4) is 0 Å². The average Bonchev–Trinajstić information content (AvgIpc) is 3.07. The Bertz CT molecular complexity index is 785. The van der Waals surface area contributed by atoms with E-state index in [9.17, 15) is 14.0 Å². The van der Waals surface area contributed by atoms with Gasteiger partial charge in [0, 0.05) is 18.3 Å². The van der Waals surface area contributed by atoms with Gasteiger partial charge in [-0.1, -0.05) is 6.07 Å². The fourth-order valence-corrected chi connectivity index (χ4v) is 2.89. The van der Waals surface area contributed by atoms with Crippen molar-refractivity contribution in [1.29, 1.82) is 0 Å². The molecule has 0 atom stereocenters. The Kier molecular flexibility index (Phi) is 3.85. The molecule has 1 N–H and O–H groups in total. The molecule has 1 amide bonds. The standard InChI is InChI=1S/C16H16FN3O3/c1-19(9-14(21)22)16(23)15-12-6-3-7-13(12)20(18-15)11-5-2-4-10(17)8-11/h2,4-5,8H,3,6-7,9H2,1H3,(H,21,22). The molecule has 0 saturated carbocycles. The summed E-state index contributed by atoms with van der Waals surface area (Å²) in [6, 6.07) is 6.02. The summed E-state index contributed by atoms with van der Waals surface area (Å²) in [6.07, 6.45) is 2.37. The molecule has 0 fully saturated rings. The van der Waals surface area contributed by atoms with Gasteiger partial charge in [0.2, 0.25) is 0 Å². The molecule has 0 spiro atoms. The lowest BCUT2D eigenvalue weighted by Crippen LogP contribution is -2.32. The molecule has 6 nitrogen and oxygen atoms in total. The van der Waals surface area contributed by atoms with Gasteiger partial charge in [-0.3, -0.25) is 9.59 Å². The summed E-state index contributed by atoms with van der Waals surface area (Å²) in [5, 5.41) is 13.2. The first-order valence-corrected chi connectivity index (χ1v) is 7.31. The topological polar surface area (TPSA) is 75.4 Å². The monoisotopic (exact) mass is 317 g/mol. The largest absolute Gasteiger partial charge is 0.480 e. The van der Waals surface area contributed by atoms with Crippen LogP contribution in [0.4, 0.5) is 4.39 Å². The summed E-state index contributed by atoms with van der Waals surface area (Å²) < 4.78 is 15.1. The van der Waals surface area contributed by atoms with Crippen LogP contribution in [0.2, 0.25) is 0 Å². The highest BCUT2D eigenvalue weighted by Crippen LogP contribution is 2.28. The van der Waals surface area contributed by atoms with Crippen LogP contribution in [0.25, 0.3) is 5.69 Å². The number of nitrogens with zero attached hydrogens (tertiary/aromatic N) is 3. The molecule has 23 heavy (non-hydrogen) atoms. The van der Waals surface area contributed by atoms with Crippen molar-refractivity contribution >= 4 is 11.9 Å². The number of fused-ring (bicyclic) bond motifs is 1. The third-order valence-electron chi connectivity index (χ3n) is 3.90. The van der Waals surface area contributed by atoms with Crippen molar-refractivity contribution < 1.29 is 19.1 Å². The predicted octanol–water partition coefficient (Wildman–Crippen LogP) is 1.66. The third kappa shape index (κ3) is 2.81. The predicted molar refractivity (Wildman–Crippen MR) is 80.1 cm³/mol. The lowest BCUT2D eigenvalue weighted by molar-refractivity contribution is -0.137. The van der Waals surface area contributed by atoms with Crippen LogP contribution in [0, 0.1) is 5.82 Å². The molecule has 1 aromatic heterocycles. The molecule has 1 aliphatic rings. The van der Waals surface area contributed by atoms with Gasteiger partial charge < -0.3 is 10.0 Å². The highest BCUT2D eigenvalue weighted by Gasteiger charge is 2.29. The molecule has 3 rings (SSSR count). The van der Waals surface area contributed by atoms with Crippen molar-refractivity contribution in [3.8, 4) is 5.69 Å². The quantitative estimate of drug-likeness (QED) is 0.930. The number of halogens is 1. The van der Waals surface area contributed by atoms with Gasteiger partial charge in [-0.25, -0.2) is 9.07 Å². The molecule has 1 aromatic carbocycles. The molecule has 0 aliphatic heterocycles. The molecule has 1 heterocycles. The highest BCUT2D eigenvalue weighted by molar-refractivity contribution is 5.95. The third-order valence-corrected chi connectivity index (χ3v) is 3.90. The Morgan fingerprint density at radius 1 is 1.39 bits per heavy atom. The fraction of sp³-hybridized carbons (Fsp3) is 0.312. The summed E-state index contributed by atoms with van der Waals surface area (Å²) in [6.45, 7) is -0.388. The maximum Gasteiger partial charge on any atom is 0.323 e. The molecule has 0 bridgehead atoms. The second-order valence-corrected chi connectivity index (χ2v) is 5.57. The molecule has 1 aliphatic carbocycles. The van der Waals surface area contributed by atoms with Gasteiger partial charge in [0.25, 0.3) is 5.91 Å². The van der Waals surface area contributed by atoms with E-state index in [0.29, 0.717) is 12.1 Å². The van der Waals surface area contributed by atoms with E-state index in [1.165, 1.54) is 19.2 Å². The Balaban J connectivity index is 2.02. The van der Waals surface area contributed by atoms with E-state index in [4.69, 9.17) is 5.11 Å². The molecule has 0 saturated heterocycles. The maximum atomic E-state index is 13.5. The van der Waals surface area contributed by atoms with E-state index in [0.717, 1.165) is 29.0 Å². The number of likely N-dealkylation sites (N-methyl/N-ethyl adjacent to an activating group) is 1.